The third-order valence-electron chi connectivity index (χ3n) is 6.04. The number of halogens is 5. The molecule has 1 heterocycles. The number of methoxy groups -OCH3 is 1. The molecule has 52 heavy (non-hydrogen) atoms. The maximum atomic E-state index is 12.7. The van der Waals surface area contributed by atoms with Gasteiger partial charge in [-0.05, 0) is 62.4 Å². The fraction of sp³-hybridized carbons (Fsp3) is 0.167. The van der Waals surface area contributed by atoms with Crippen molar-refractivity contribution in [1.82, 2.24) is 19.7 Å². The monoisotopic (exact) mass is 789 g/mol. The Balaban J connectivity index is 0.000000281. The van der Waals surface area contributed by atoms with Crippen LogP contribution in [-0.4, -0.2) is 70.7 Å². The van der Waals surface area contributed by atoms with Crippen LogP contribution < -0.4 is 19.5 Å². The van der Waals surface area contributed by atoms with Gasteiger partial charge in [-0.1, -0.05) is 35.3 Å². The summed E-state index contributed by atoms with van der Waals surface area (Å²) in [5.41, 5.74) is -1.59. The van der Waals surface area contributed by atoms with Gasteiger partial charge in [0, 0.05) is 0 Å². The zero-order valence-electron chi connectivity index (χ0n) is 26.6. The minimum atomic E-state index is -4.56. The molecule has 4 aromatic rings. The molecule has 1 aromatic heterocycles. The molecule has 0 bridgehead atoms. The predicted octanol–water partition coefficient (Wildman–Crippen LogP) is 5.83. The number of anilines is 1. The lowest BCUT2D eigenvalue weighted by Crippen LogP contribution is -2.35. The van der Waals surface area contributed by atoms with E-state index in [9.17, 15) is 40.8 Å². The molecular formula is C30H24Cl2F3N5O11S. The summed E-state index contributed by atoms with van der Waals surface area (Å²) in [5.74, 6) is -3.83. The summed E-state index contributed by atoms with van der Waals surface area (Å²) in [6.45, 7) is 2.68. The van der Waals surface area contributed by atoms with Gasteiger partial charge in [-0.2, -0.15) is 28.1 Å². The van der Waals surface area contributed by atoms with Crippen molar-refractivity contribution >= 4 is 63.1 Å². The van der Waals surface area contributed by atoms with E-state index < -0.39 is 62.3 Å². The largest absolute Gasteiger partial charge is 0.479 e. The standard InChI is InChI=1S/C17H11Cl2F3O5.C13H13N5O6S/c1-8(15(23)24)26-16(25)11-7-10(3-4-12(11)18)27-14-5-2-9(6-13(14)19)17(20,21)22;1-7-14-11(17-13(15-7)24-2)16-12(21)18-25(22,23)9-6-4-3-5-8(9)10(19)20/h2-8H,1H3,(H,23,24);3-6H,1-2H3,(H,19,20)(H2,14,15,16,17,18,21)/t8-;/m0./s1. The molecule has 16 nitrogen and oxygen atoms in total. The highest BCUT2D eigenvalue weighted by Gasteiger charge is 2.31. The van der Waals surface area contributed by atoms with Crippen molar-refractivity contribution < 1.29 is 65.2 Å². The number of sulfonamides is 1. The van der Waals surface area contributed by atoms with Crippen LogP contribution in [0.25, 0.3) is 0 Å². The Bertz CT molecular complexity index is 2120. The number of aromatic carboxylic acids is 1. The SMILES string of the molecule is COc1nc(C)nc(NC(=O)NS(=O)(=O)c2ccccc2C(=O)O)n1.C[C@H](OC(=O)c1cc(Oc2ccc(C(F)(F)F)cc2Cl)ccc1Cl)C(=O)O. The number of aryl methyl sites for hydroxylation is 1. The number of benzene rings is 3. The van der Waals surface area contributed by atoms with Crippen LogP contribution in [0.1, 0.15) is 39.0 Å². The Morgan fingerprint density at radius 2 is 1.58 bits per heavy atom. The summed E-state index contributed by atoms with van der Waals surface area (Å²) in [5, 5.41) is 19.6. The van der Waals surface area contributed by atoms with Gasteiger partial charge in [-0.3, -0.25) is 5.32 Å². The fourth-order valence-electron chi connectivity index (χ4n) is 3.67. The van der Waals surface area contributed by atoms with Crippen molar-refractivity contribution in [3.8, 4) is 17.5 Å². The molecule has 4 rings (SSSR count). The van der Waals surface area contributed by atoms with Crippen LogP contribution in [0.3, 0.4) is 0 Å². The molecule has 22 heteroatoms. The maximum absolute atomic E-state index is 12.7. The number of aromatic nitrogens is 3. The number of carbonyl (C=O) groups excluding carboxylic acids is 2. The van der Waals surface area contributed by atoms with E-state index in [4.69, 9.17) is 47.6 Å². The van der Waals surface area contributed by atoms with E-state index >= 15 is 0 Å². The van der Waals surface area contributed by atoms with Crippen LogP contribution in [0.15, 0.2) is 65.6 Å². The highest BCUT2D eigenvalue weighted by Crippen LogP contribution is 2.37. The number of rotatable bonds is 10. The van der Waals surface area contributed by atoms with Gasteiger partial charge < -0.3 is 24.4 Å². The summed E-state index contributed by atoms with van der Waals surface area (Å²) >= 11 is 11.7. The Morgan fingerprint density at radius 1 is 0.904 bits per heavy atom. The first-order valence-electron chi connectivity index (χ1n) is 13.9. The van der Waals surface area contributed by atoms with Crippen LogP contribution >= 0.6 is 23.2 Å². The number of ether oxygens (including phenoxy) is 3. The second kappa shape index (κ2) is 17.0. The van der Waals surface area contributed by atoms with Gasteiger partial charge in [-0.25, -0.2) is 32.3 Å². The number of alkyl halides is 3. The Morgan fingerprint density at radius 3 is 2.17 bits per heavy atom. The zero-order valence-corrected chi connectivity index (χ0v) is 28.9. The van der Waals surface area contributed by atoms with Gasteiger partial charge in [-0.15, -0.1) is 0 Å². The molecule has 0 aliphatic heterocycles. The van der Waals surface area contributed by atoms with E-state index in [-0.39, 0.29) is 44.9 Å². The third-order valence-corrected chi connectivity index (χ3v) is 8.06. The van der Waals surface area contributed by atoms with Gasteiger partial charge >= 0.3 is 36.1 Å². The summed E-state index contributed by atoms with van der Waals surface area (Å²) in [6.07, 6.45) is -5.96. The van der Waals surface area contributed by atoms with Crippen molar-refractivity contribution in [2.24, 2.45) is 0 Å². The third kappa shape index (κ3) is 11.1. The quantitative estimate of drug-likeness (QED) is 0.138. The number of urea groups is 1. The topological polar surface area (TPSA) is 233 Å². The van der Waals surface area contributed by atoms with Gasteiger partial charge in [0.2, 0.25) is 5.95 Å². The van der Waals surface area contributed by atoms with Crippen molar-refractivity contribution in [1.29, 1.82) is 0 Å². The second-order valence-corrected chi connectivity index (χ2v) is 12.3. The van der Waals surface area contributed by atoms with E-state index in [1.165, 1.54) is 38.3 Å². The first kappa shape index (κ1) is 40.7. The van der Waals surface area contributed by atoms with E-state index in [0.29, 0.717) is 6.07 Å². The lowest BCUT2D eigenvalue weighted by atomic mass is 10.2. The number of carboxylic acids is 2. The molecule has 3 aromatic carbocycles. The molecule has 0 unspecified atom stereocenters. The summed E-state index contributed by atoms with van der Waals surface area (Å²) < 4.78 is 79.1. The number of amides is 2. The van der Waals surface area contributed by atoms with E-state index in [1.54, 1.807) is 4.72 Å². The van der Waals surface area contributed by atoms with Crippen molar-refractivity contribution in [3.05, 3.63) is 93.2 Å². The second-order valence-electron chi connectivity index (χ2n) is 9.83. The van der Waals surface area contributed by atoms with Gasteiger partial charge in [0.15, 0.2) is 6.10 Å². The normalized spacial score (nSPS) is 11.6. The Kier molecular flexibility index (Phi) is 13.3. The van der Waals surface area contributed by atoms with Crippen LogP contribution in [0, 0.1) is 6.92 Å². The van der Waals surface area contributed by atoms with E-state index in [2.05, 4.69) is 20.3 Å². The molecule has 0 radical (unpaired) electrons. The molecule has 0 aliphatic carbocycles. The fourth-order valence-corrected chi connectivity index (χ4v) is 5.19. The lowest BCUT2D eigenvalue weighted by Gasteiger charge is -2.13. The summed E-state index contributed by atoms with van der Waals surface area (Å²) in [7, 11) is -3.11. The smallest absolute Gasteiger partial charge is 0.416 e. The number of hydrogen-bond acceptors (Lipinski definition) is 12. The van der Waals surface area contributed by atoms with E-state index in [0.717, 1.165) is 37.3 Å². The van der Waals surface area contributed by atoms with Crippen LogP contribution in [0.2, 0.25) is 10.0 Å². The average molecular weight is 791 g/mol. The van der Waals surface area contributed by atoms with Crippen LogP contribution in [-0.2, 0) is 25.7 Å². The van der Waals surface area contributed by atoms with Gasteiger partial charge in [0.1, 0.15) is 22.2 Å². The molecule has 276 valence electrons. The molecule has 0 fully saturated rings. The molecule has 2 amide bonds. The Labute approximate surface area is 301 Å². The zero-order chi connectivity index (χ0) is 39.0. The molecular weight excluding hydrogens is 766 g/mol. The van der Waals surface area contributed by atoms with Crippen molar-refractivity contribution in [3.63, 3.8) is 0 Å². The Hall–Kier alpha value is -5.73. The number of nitrogens with zero attached hydrogens (tertiary/aromatic N) is 3. The molecule has 4 N–H and O–H groups in total. The number of hydrogen-bond donors (Lipinski definition) is 4. The number of nitrogens with one attached hydrogen (secondary N) is 2. The molecule has 1 atom stereocenters. The van der Waals surface area contributed by atoms with Crippen molar-refractivity contribution in [2.75, 3.05) is 12.4 Å². The lowest BCUT2D eigenvalue weighted by molar-refractivity contribution is -0.146. The van der Waals surface area contributed by atoms with Crippen LogP contribution in [0.4, 0.5) is 23.9 Å². The minimum absolute atomic E-state index is 0.0246. The van der Waals surface area contributed by atoms with Gasteiger partial charge in [0.25, 0.3) is 10.0 Å². The molecule has 0 saturated heterocycles. The maximum Gasteiger partial charge on any atom is 0.416 e. The highest BCUT2D eigenvalue weighted by atomic mass is 35.5. The first-order valence-corrected chi connectivity index (χ1v) is 16.2. The molecule has 0 spiro atoms. The van der Waals surface area contributed by atoms with Gasteiger partial charge in [0.05, 0.1) is 33.8 Å². The number of carbonyl (C=O) groups is 4. The molecule has 0 aliphatic rings. The number of esters is 1. The van der Waals surface area contributed by atoms with Crippen LogP contribution in [0.5, 0.6) is 17.5 Å². The minimum Gasteiger partial charge on any atom is -0.479 e. The summed E-state index contributed by atoms with van der Waals surface area (Å²) in [6, 6.07) is 9.96. The highest BCUT2D eigenvalue weighted by molar-refractivity contribution is 7.90. The molecule has 0 saturated carbocycles. The predicted molar refractivity (Wildman–Crippen MR) is 174 cm³/mol. The average Bonchev–Trinajstić information content (AvgIpc) is 3.05. The summed E-state index contributed by atoms with van der Waals surface area (Å²) in [4.78, 5) is 56.6. The van der Waals surface area contributed by atoms with Crippen molar-refractivity contribution in [2.45, 2.75) is 31.0 Å². The van der Waals surface area contributed by atoms with E-state index in [1.807, 2.05) is 0 Å². The first-order chi connectivity index (χ1) is 24.2. The number of aliphatic carboxylic acids is 1. The number of carboxylic acid groups (broad SMARTS) is 2.